The van der Waals surface area contributed by atoms with Crippen LogP contribution in [-0.2, 0) is 9.59 Å². The molecule has 1 fully saturated rings. The predicted molar refractivity (Wildman–Crippen MR) is 76.8 cm³/mol. The van der Waals surface area contributed by atoms with Gasteiger partial charge >= 0.3 is 0 Å². The fourth-order valence-corrected chi connectivity index (χ4v) is 2.12. The van der Waals surface area contributed by atoms with E-state index in [9.17, 15) is 9.59 Å². The van der Waals surface area contributed by atoms with E-state index in [1.54, 1.807) is 12.1 Å². The van der Waals surface area contributed by atoms with Crippen molar-refractivity contribution in [2.75, 3.05) is 12.4 Å². The lowest BCUT2D eigenvalue weighted by Gasteiger charge is -2.28. The van der Waals surface area contributed by atoms with Gasteiger partial charge in [0.05, 0.1) is 0 Å². The van der Waals surface area contributed by atoms with Crippen LogP contribution < -0.4 is 11.1 Å². The molecule has 1 heterocycles. The summed E-state index contributed by atoms with van der Waals surface area (Å²) in [4.78, 5) is 24.8. The molecule has 2 amide bonds. The first-order valence-electron chi connectivity index (χ1n) is 5.96. The lowest BCUT2D eigenvalue weighted by molar-refractivity contribution is -0.146. The van der Waals surface area contributed by atoms with Gasteiger partial charge in [0.1, 0.15) is 11.0 Å². The van der Waals surface area contributed by atoms with E-state index in [1.807, 2.05) is 12.1 Å². The zero-order valence-electron chi connectivity index (χ0n) is 10.6. The molecular weight excluding hydrogens is 262 g/mol. The second kappa shape index (κ2) is 5.36. The van der Waals surface area contributed by atoms with Crippen LogP contribution in [0.25, 0.3) is 0 Å². The highest BCUT2D eigenvalue weighted by atomic mass is 32.1. The number of likely N-dealkylation sites (N-methyl/N-ethyl adjacent to an activating group) is 1. The zero-order chi connectivity index (χ0) is 14.0. The molecule has 1 aliphatic heterocycles. The Morgan fingerprint density at radius 2 is 2.00 bits per heavy atom. The summed E-state index contributed by atoms with van der Waals surface area (Å²) < 4.78 is 0. The Kier molecular flexibility index (Phi) is 3.80. The number of hydrogen-bond acceptors (Lipinski definition) is 4. The molecule has 5 nitrogen and oxygen atoms in total. The van der Waals surface area contributed by atoms with Crippen molar-refractivity contribution in [3.8, 4) is 0 Å². The molecule has 0 bridgehead atoms. The first-order valence-corrected chi connectivity index (χ1v) is 6.36. The lowest BCUT2D eigenvalue weighted by Crippen LogP contribution is -2.48. The maximum absolute atomic E-state index is 11.9. The summed E-state index contributed by atoms with van der Waals surface area (Å²) in [7, 11) is 1.51. The second-order valence-corrected chi connectivity index (χ2v) is 4.91. The van der Waals surface area contributed by atoms with E-state index in [-0.39, 0.29) is 17.9 Å². The minimum Gasteiger partial charge on any atom is -0.389 e. The van der Waals surface area contributed by atoms with E-state index in [2.05, 4.69) is 5.32 Å². The van der Waals surface area contributed by atoms with E-state index in [0.29, 0.717) is 17.8 Å². The highest BCUT2D eigenvalue weighted by molar-refractivity contribution is 7.80. The molecule has 0 aromatic heterocycles. The van der Waals surface area contributed by atoms with Crippen LogP contribution in [0, 0.1) is 0 Å². The highest BCUT2D eigenvalue weighted by Gasteiger charge is 2.31. The van der Waals surface area contributed by atoms with Gasteiger partial charge in [-0.2, -0.15) is 0 Å². The first-order chi connectivity index (χ1) is 8.99. The molecule has 0 spiro atoms. The second-order valence-electron chi connectivity index (χ2n) is 4.47. The van der Waals surface area contributed by atoms with Crippen LogP contribution in [-0.4, -0.2) is 34.8 Å². The summed E-state index contributed by atoms with van der Waals surface area (Å²) in [5.41, 5.74) is 7.10. The Morgan fingerprint density at radius 1 is 1.37 bits per heavy atom. The molecule has 0 radical (unpaired) electrons. The Labute approximate surface area is 116 Å². The smallest absolute Gasteiger partial charge is 0.251 e. The lowest BCUT2D eigenvalue weighted by atomic mass is 10.0. The van der Waals surface area contributed by atoms with Gasteiger partial charge in [0.2, 0.25) is 5.91 Å². The number of carbonyl (C=O) groups excluding carboxylic acids is 2. The number of nitrogens with two attached hydrogens (primary N) is 1. The average Bonchev–Trinajstić information content (AvgIpc) is 2.40. The van der Waals surface area contributed by atoms with Gasteiger partial charge in [-0.3, -0.25) is 14.5 Å². The van der Waals surface area contributed by atoms with E-state index >= 15 is 0 Å². The molecule has 1 unspecified atom stereocenters. The van der Waals surface area contributed by atoms with Gasteiger partial charge in [-0.15, -0.1) is 0 Å². The number of amides is 2. The van der Waals surface area contributed by atoms with Gasteiger partial charge < -0.3 is 11.1 Å². The minimum absolute atomic E-state index is 0.133. The normalized spacial score (nSPS) is 19.4. The molecule has 6 heteroatoms. The van der Waals surface area contributed by atoms with Gasteiger partial charge in [-0.1, -0.05) is 12.2 Å². The number of anilines is 1. The van der Waals surface area contributed by atoms with Gasteiger partial charge in [-0.05, 0) is 30.7 Å². The van der Waals surface area contributed by atoms with Gasteiger partial charge in [-0.25, -0.2) is 0 Å². The molecule has 1 aliphatic rings. The zero-order valence-corrected chi connectivity index (χ0v) is 11.4. The Morgan fingerprint density at radius 3 is 2.58 bits per heavy atom. The maximum atomic E-state index is 11.9. The van der Waals surface area contributed by atoms with Crippen LogP contribution >= 0.6 is 12.2 Å². The number of nitrogens with one attached hydrogen (secondary N) is 1. The summed E-state index contributed by atoms with van der Waals surface area (Å²) in [6.07, 6.45) is 0.893. The SMILES string of the molecule is CN1C(=O)CCC(Nc2ccc(C(N)=S)cc2)C1=O. The molecule has 19 heavy (non-hydrogen) atoms. The van der Waals surface area contributed by atoms with E-state index < -0.39 is 0 Å². The number of benzene rings is 1. The van der Waals surface area contributed by atoms with E-state index in [0.717, 1.165) is 11.3 Å². The van der Waals surface area contributed by atoms with Gasteiger partial charge in [0, 0.05) is 24.7 Å². The van der Waals surface area contributed by atoms with E-state index in [4.69, 9.17) is 18.0 Å². The van der Waals surface area contributed by atoms with Crippen LogP contribution in [0.15, 0.2) is 24.3 Å². The number of piperidine rings is 1. The van der Waals surface area contributed by atoms with Crippen molar-refractivity contribution in [3.05, 3.63) is 29.8 Å². The number of imide groups is 1. The molecule has 1 saturated heterocycles. The quantitative estimate of drug-likeness (QED) is 0.633. The van der Waals surface area contributed by atoms with Gasteiger partial charge in [0.15, 0.2) is 0 Å². The van der Waals surface area contributed by atoms with Crippen molar-refractivity contribution in [2.24, 2.45) is 5.73 Å². The molecule has 0 saturated carbocycles. The van der Waals surface area contributed by atoms with Crippen molar-refractivity contribution in [2.45, 2.75) is 18.9 Å². The van der Waals surface area contributed by atoms with E-state index in [1.165, 1.54) is 11.9 Å². The number of likely N-dealkylation sites (tertiary alicyclic amines) is 1. The molecule has 1 aromatic rings. The summed E-state index contributed by atoms with van der Waals surface area (Å²) in [5.74, 6) is -0.332. The molecule has 2 rings (SSSR count). The third kappa shape index (κ3) is 2.90. The molecule has 1 aromatic carbocycles. The molecule has 0 aliphatic carbocycles. The third-order valence-corrected chi connectivity index (χ3v) is 3.40. The van der Waals surface area contributed by atoms with Gasteiger partial charge in [0.25, 0.3) is 5.91 Å². The number of nitrogens with zero attached hydrogens (tertiary/aromatic N) is 1. The van der Waals surface area contributed by atoms with Crippen molar-refractivity contribution in [3.63, 3.8) is 0 Å². The minimum atomic E-state index is -0.363. The van der Waals surface area contributed by atoms with Crippen molar-refractivity contribution in [1.29, 1.82) is 0 Å². The Hall–Kier alpha value is -1.95. The van der Waals surface area contributed by atoms with Crippen LogP contribution in [0.3, 0.4) is 0 Å². The fourth-order valence-electron chi connectivity index (χ4n) is 1.98. The Bertz CT molecular complexity index is 527. The summed E-state index contributed by atoms with van der Waals surface area (Å²) in [5, 5.41) is 3.12. The monoisotopic (exact) mass is 277 g/mol. The summed E-state index contributed by atoms with van der Waals surface area (Å²) in [6.45, 7) is 0. The molecule has 1 atom stereocenters. The van der Waals surface area contributed by atoms with Crippen LogP contribution in [0.1, 0.15) is 18.4 Å². The molecule has 100 valence electrons. The average molecular weight is 277 g/mol. The fraction of sp³-hybridized carbons (Fsp3) is 0.308. The number of hydrogen-bond donors (Lipinski definition) is 2. The largest absolute Gasteiger partial charge is 0.389 e. The first kappa shape index (κ1) is 13.5. The summed E-state index contributed by atoms with van der Waals surface area (Å²) >= 11 is 4.87. The number of thiocarbonyl (C=S) groups is 1. The standard InChI is InChI=1S/C13H15N3O2S/c1-16-11(17)7-6-10(13(16)18)15-9-4-2-8(3-5-9)12(14)19/h2-5,10,15H,6-7H2,1H3,(H2,14,19). The Balaban J connectivity index is 2.07. The summed E-state index contributed by atoms with van der Waals surface area (Å²) in [6, 6.07) is 6.87. The van der Waals surface area contributed by atoms with Crippen molar-refractivity contribution in [1.82, 2.24) is 4.90 Å². The molecular formula is C13H15N3O2S. The number of carbonyl (C=O) groups is 2. The maximum Gasteiger partial charge on any atom is 0.251 e. The van der Waals surface area contributed by atoms with Crippen molar-refractivity contribution >= 4 is 34.7 Å². The van der Waals surface area contributed by atoms with Crippen LogP contribution in [0.2, 0.25) is 0 Å². The highest BCUT2D eigenvalue weighted by Crippen LogP contribution is 2.17. The predicted octanol–water partition coefficient (Wildman–Crippen LogP) is 0.880. The third-order valence-electron chi connectivity index (χ3n) is 3.16. The van der Waals surface area contributed by atoms with Crippen LogP contribution in [0.4, 0.5) is 5.69 Å². The molecule has 3 N–H and O–H groups in total. The van der Waals surface area contributed by atoms with Crippen molar-refractivity contribution < 1.29 is 9.59 Å². The van der Waals surface area contributed by atoms with Crippen LogP contribution in [0.5, 0.6) is 0 Å². The number of rotatable bonds is 3. The topological polar surface area (TPSA) is 75.4 Å².